The second kappa shape index (κ2) is 9.67. The molecule has 4 heterocycles. The third-order valence-electron chi connectivity index (χ3n) is 4.29. The maximum Gasteiger partial charge on any atom is 0.296 e. The van der Waals surface area contributed by atoms with Crippen molar-refractivity contribution in [2.24, 2.45) is 0 Å². The first kappa shape index (κ1) is 21.6. The Morgan fingerprint density at radius 2 is 2.03 bits per heavy atom. The summed E-state index contributed by atoms with van der Waals surface area (Å²) in [5, 5.41) is 11.8. The van der Waals surface area contributed by atoms with Crippen LogP contribution in [0.2, 0.25) is 5.02 Å². The zero-order valence-corrected chi connectivity index (χ0v) is 18.6. The molecule has 162 valence electrons. The highest BCUT2D eigenvalue weighted by molar-refractivity contribution is 7.17. The largest absolute Gasteiger partial charge is 0.494 e. The third kappa shape index (κ3) is 4.98. The van der Waals surface area contributed by atoms with Gasteiger partial charge in [-0.1, -0.05) is 16.7 Å². The summed E-state index contributed by atoms with van der Waals surface area (Å²) in [4.78, 5) is 25.8. The molecular weight excluding hydrogens is 452 g/mol. The van der Waals surface area contributed by atoms with Gasteiger partial charge >= 0.3 is 0 Å². The molecule has 0 fully saturated rings. The highest BCUT2D eigenvalue weighted by atomic mass is 35.5. The fourth-order valence-corrected chi connectivity index (χ4v) is 3.51. The van der Waals surface area contributed by atoms with Gasteiger partial charge < -0.3 is 9.47 Å². The first-order valence-corrected chi connectivity index (χ1v) is 10.6. The van der Waals surface area contributed by atoms with Crippen LogP contribution in [0.4, 0.5) is 5.13 Å². The molecule has 0 saturated heterocycles. The van der Waals surface area contributed by atoms with Gasteiger partial charge in [-0.05, 0) is 48.6 Å². The quantitative estimate of drug-likeness (QED) is 0.429. The predicted molar refractivity (Wildman–Crippen MR) is 120 cm³/mol. The van der Waals surface area contributed by atoms with Crippen molar-refractivity contribution in [3.8, 4) is 22.2 Å². The Kier molecular flexibility index (Phi) is 6.52. The second-order valence-corrected chi connectivity index (χ2v) is 7.89. The minimum atomic E-state index is -0.401. The molecule has 0 spiro atoms. The molecule has 1 N–H and O–H groups in total. The van der Waals surface area contributed by atoms with E-state index in [4.69, 9.17) is 21.1 Å². The van der Waals surface area contributed by atoms with E-state index in [-0.39, 0.29) is 11.7 Å². The number of carbonyl (C=O) groups is 1. The number of pyridine rings is 3. The molecule has 0 aliphatic carbocycles. The highest BCUT2D eigenvalue weighted by Crippen LogP contribution is 2.31. The number of halogens is 1. The molecular formula is C21H17ClN6O3S. The predicted octanol–water partition coefficient (Wildman–Crippen LogP) is 4.19. The molecule has 0 aliphatic heterocycles. The van der Waals surface area contributed by atoms with Gasteiger partial charge in [0.1, 0.15) is 18.1 Å². The summed E-state index contributed by atoms with van der Waals surface area (Å²) in [6.07, 6.45) is 4.67. The molecule has 0 saturated carbocycles. The number of hydrogen-bond donors (Lipinski definition) is 1. The number of carbonyl (C=O) groups excluding carboxylic acids is 1. The second-order valence-electron chi connectivity index (χ2n) is 6.51. The Bertz CT molecular complexity index is 1250. The lowest BCUT2D eigenvalue weighted by molar-refractivity contribution is 0.102. The lowest BCUT2D eigenvalue weighted by Crippen LogP contribution is -2.14. The Labute approximate surface area is 192 Å². The van der Waals surface area contributed by atoms with E-state index >= 15 is 0 Å². The van der Waals surface area contributed by atoms with E-state index in [1.165, 1.54) is 12.4 Å². The van der Waals surface area contributed by atoms with Crippen LogP contribution in [0.25, 0.3) is 11.3 Å². The van der Waals surface area contributed by atoms with Gasteiger partial charge in [-0.2, -0.15) is 0 Å². The van der Waals surface area contributed by atoms with Crippen molar-refractivity contribution < 1.29 is 14.3 Å². The molecule has 4 aromatic heterocycles. The maximum atomic E-state index is 13.0. The van der Waals surface area contributed by atoms with Gasteiger partial charge in [-0.25, -0.2) is 0 Å². The van der Waals surface area contributed by atoms with Crippen molar-refractivity contribution in [1.29, 1.82) is 0 Å². The fraction of sp³-hybridized carbons (Fsp3) is 0.143. The number of nitrogens with zero attached hydrogens (tertiary/aromatic N) is 5. The third-order valence-corrected chi connectivity index (χ3v) is 5.26. The van der Waals surface area contributed by atoms with Crippen LogP contribution in [0, 0.1) is 6.92 Å². The number of anilines is 1. The van der Waals surface area contributed by atoms with Gasteiger partial charge in [0.25, 0.3) is 11.1 Å². The van der Waals surface area contributed by atoms with Gasteiger partial charge in [0.15, 0.2) is 0 Å². The molecule has 32 heavy (non-hydrogen) atoms. The van der Waals surface area contributed by atoms with Crippen LogP contribution in [-0.4, -0.2) is 38.2 Å². The summed E-state index contributed by atoms with van der Waals surface area (Å²) in [5.74, 6) is 0.150. The average molecular weight is 469 g/mol. The van der Waals surface area contributed by atoms with E-state index in [0.29, 0.717) is 38.5 Å². The number of rotatable bonds is 7. The van der Waals surface area contributed by atoms with Crippen molar-refractivity contribution in [1.82, 2.24) is 25.1 Å². The molecule has 4 rings (SSSR count). The van der Waals surface area contributed by atoms with E-state index in [2.05, 4.69) is 30.5 Å². The first-order valence-electron chi connectivity index (χ1n) is 9.37. The van der Waals surface area contributed by atoms with Crippen LogP contribution in [0.15, 0.2) is 48.9 Å². The zero-order valence-electron chi connectivity index (χ0n) is 17.1. The molecule has 11 heteroatoms. The Morgan fingerprint density at radius 3 is 2.81 bits per heavy atom. The SMILES string of the molecule is COc1cccnc1-c1cc(C)ncc1C(=O)Nc1nnc(OCc2ccc(Cl)cn2)s1. The van der Waals surface area contributed by atoms with Crippen LogP contribution in [0.1, 0.15) is 21.7 Å². The number of amides is 1. The van der Waals surface area contributed by atoms with Crippen LogP contribution < -0.4 is 14.8 Å². The summed E-state index contributed by atoms with van der Waals surface area (Å²) < 4.78 is 11.0. The summed E-state index contributed by atoms with van der Waals surface area (Å²) >= 11 is 6.93. The smallest absolute Gasteiger partial charge is 0.296 e. The normalized spacial score (nSPS) is 10.6. The van der Waals surface area contributed by atoms with E-state index < -0.39 is 5.91 Å². The van der Waals surface area contributed by atoms with E-state index in [1.807, 2.05) is 6.92 Å². The van der Waals surface area contributed by atoms with Gasteiger partial charge in [0, 0.05) is 29.8 Å². The summed E-state index contributed by atoms with van der Waals surface area (Å²) in [6, 6.07) is 8.81. The number of aryl methyl sites for hydroxylation is 1. The van der Waals surface area contributed by atoms with Crippen LogP contribution in [-0.2, 0) is 6.61 Å². The highest BCUT2D eigenvalue weighted by Gasteiger charge is 2.19. The number of methoxy groups -OCH3 is 1. The number of nitrogens with one attached hydrogen (secondary N) is 1. The van der Waals surface area contributed by atoms with Crippen LogP contribution in [0.3, 0.4) is 0 Å². The van der Waals surface area contributed by atoms with E-state index in [0.717, 1.165) is 17.0 Å². The van der Waals surface area contributed by atoms with Crippen LogP contribution >= 0.6 is 22.9 Å². The molecule has 4 aromatic rings. The molecule has 0 aliphatic rings. The molecule has 0 aromatic carbocycles. The number of ether oxygens (including phenoxy) is 2. The van der Waals surface area contributed by atoms with E-state index in [9.17, 15) is 4.79 Å². The standard InChI is InChI=1S/C21H17ClN6O3S/c1-12-8-15(18-17(30-2)4-3-7-23-18)16(10-24-12)19(29)26-20-27-28-21(32-20)31-11-14-6-5-13(22)9-25-14/h3-10H,11H2,1-2H3,(H,26,27,29). The summed E-state index contributed by atoms with van der Waals surface area (Å²) in [6.45, 7) is 2.04. The van der Waals surface area contributed by atoms with Gasteiger partial charge in [0.05, 0.1) is 23.4 Å². The first-order chi connectivity index (χ1) is 15.5. The summed E-state index contributed by atoms with van der Waals surface area (Å²) in [5.41, 5.74) is 2.90. The van der Waals surface area contributed by atoms with Crippen molar-refractivity contribution in [3.05, 3.63) is 70.9 Å². The fourth-order valence-electron chi connectivity index (χ4n) is 2.80. The monoisotopic (exact) mass is 468 g/mol. The molecule has 9 nitrogen and oxygen atoms in total. The van der Waals surface area contributed by atoms with Crippen molar-refractivity contribution >= 4 is 34.0 Å². The zero-order chi connectivity index (χ0) is 22.5. The number of hydrogen-bond acceptors (Lipinski definition) is 9. The van der Waals surface area contributed by atoms with E-state index in [1.54, 1.807) is 43.6 Å². The van der Waals surface area contributed by atoms with Crippen LogP contribution in [0.5, 0.6) is 10.9 Å². The molecule has 0 bridgehead atoms. The van der Waals surface area contributed by atoms with Gasteiger partial charge in [-0.3, -0.25) is 25.1 Å². The molecule has 1 amide bonds. The van der Waals surface area contributed by atoms with Crippen molar-refractivity contribution in [2.45, 2.75) is 13.5 Å². The lowest BCUT2D eigenvalue weighted by Gasteiger charge is -2.12. The Balaban J connectivity index is 1.51. The molecule has 0 unspecified atom stereocenters. The lowest BCUT2D eigenvalue weighted by atomic mass is 10.0. The molecule has 0 atom stereocenters. The average Bonchev–Trinajstić information content (AvgIpc) is 3.25. The minimum absolute atomic E-state index is 0.200. The van der Waals surface area contributed by atoms with Crippen molar-refractivity contribution in [2.75, 3.05) is 12.4 Å². The number of aromatic nitrogens is 5. The minimum Gasteiger partial charge on any atom is -0.494 e. The Morgan fingerprint density at radius 1 is 1.16 bits per heavy atom. The maximum absolute atomic E-state index is 13.0. The van der Waals surface area contributed by atoms with Gasteiger partial charge in [0.2, 0.25) is 5.13 Å². The molecule has 0 radical (unpaired) electrons. The topological polar surface area (TPSA) is 112 Å². The Hall–Kier alpha value is -3.63. The van der Waals surface area contributed by atoms with Crippen molar-refractivity contribution in [3.63, 3.8) is 0 Å². The van der Waals surface area contributed by atoms with Gasteiger partial charge in [-0.15, -0.1) is 5.10 Å². The summed E-state index contributed by atoms with van der Waals surface area (Å²) in [7, 11) is 1.55.